The number of nitrogens with zero attached hydrogens (tertiary/aromatic N) is 3. The zero-order chi connectivity index (χ0) is 21.7. The zero-order valence-corrected chi connectivity index (χ0v) is 19.9. The molecule has 1 atom stereocenters. The summed E-state index contributed by atoms with van der Waals surface area (Å²) in [4.78, 5) is 7.99. The van der Waals surface area contributed by atoms with Crippen LogP contribution >= 0.6 is 0 Å². The van der Waals surface area contributed by atoms with Crippen molar-refractivity contribution in [3.05, 3.63) is 65.7 Å². The van der Waals surface area contributed by atoms with E-state index in [-0.39, 0.29) is 0 Å². The second-order valence-electron chi connectivity index (χ2n) is 10.6. The first-order chi connectivity index (χ1) is 15.0. The Labute approximate surface area is 190 Å². The van der Waals surface area contributed by atoms with Crippen molar-refractivity contribution in [3.63, 3.8) is 0 Å². The van der Waals surface area contributed by atoms with Crippen LogP contribution in [0.2, 0.25) is 0 Å². The topological polar surface area (TPSA) is 9.72 Å². The molecule has 2 aliphatic rings. The van der Waals surface area contributed by atoms with Gasteiger partial charge in [0.05, 0.1) is 0 Å². The lowest BCUT2D eigenvalue weighted by Gasteiger charge is -2.37. The van der Waals surface area contributed by atoms with Gasteiger partial charge >= 0.3 is 0 Å². The van der Waals surface area contributed by atoms with Gasteiger partial charge in [0.25, 0.3) is 0 Å². The first-order valence-electron chi connectivity index (χ1n) is 12.3. The molecular formula is C28H41N3. The van der Waals surface area contributed by atoms with E-state index in [1.54, 1.807) is 0 Å². The zero-order valence-electron chi connectivity index (χ0n) is 19.9. The van der Waals surface area contributed by atoms with Gasteiger partial charge in [0.2, 0.25) is 0 Å². The second kappa shape index (κ2) is 10.2. The van der Waals surface area contributed by atoms with E-state index in [0.29, 0.717) is 11.3 Å². The van der Waals surface area contributed by atoms with Crippen LogP contribution in [0.3, 0.4) is 0 Å². The molecule has 0 N–H and O–H groups in total. The Hall–Kier alpha value is -1.84. The van der Waals surface area contributed by atoms with Gasteiger partial charge in [-0.25, -0.2) is 0 Å². The fourth-order valence-electron chi connectivity index (χ4n) is 5.09. The molecule has 1 unspecified atom stereocenters. The molecular weight excluding hydrogens is 378 g/mol. The highest BCUT2D eigenvalue weighted by molar-refractivity contribution is 5.58. The molecule has 0 aromatic heterocycles. The summed E-state index contributed by atoms with van der Waals surface area (Å²) >= 11 is 0. The first kappa shape index (κ1) is 22.4. The fraction of sp³-hybridized carbons (Fsp3) is 0.571. The van der Waals surface area contributed by atoms with E-state index in [9.17, 15) is 0 Å². The molecule has 4 rings (SSSR count). The second-order valence-corrected chi connectivity index (χ2v) is 10.6. The number of anilines is 1. The molecule has 0 radical (unpaired) electrons. The predicted octanol–water partition coefficient (Wildman–Crippen LogP) is 5.47. The monoisotopic (exact) mass is 419 g/mol. The Kier molecular flexibility index (Phi) is 7.35. The van der Waals surface area contributed by atoms with Crippen LogP contribution in [0.4, 0.5) is 5.69 Å². The summed E-state index contributed by atoms with van der Waals surface area (Å²) in [5.41, 5.74) is 4.87. The lowest BCUT2D eigenvalue weighted by atomic mass is 9.87. The molecule has 0 bridgehead atoms. The third-order valence-electron chi connectivity index (χ3n) is 7.10. The van der Waals surface area contributed by atoms with E-state index in [0.717, 1.165) is 6.54 Å². The van der Waals surface area contributed by atoms with Crippen molar-refractivity contribution in [2.24, 2.45) is 5.41 Å². The van der Waals surface area contributed by atoms with Gasteiger partial charge in [-0.05, 0) is 48.4 Å². The fourth-order valence-corrected chi connectivity index (χ4v) is 5.09. The quantitative estimate of drug-likeness (QED) is 0.614. The summed E-state index contributed by atoms with van der Waals surface area (Å²) < 4.78 is 0. The smallest absolute Gasteiger partial charge is 0.0405 e. The molecule has 3 heteroatoms. The van der Waals surface area contributed by atoms with Gasteiger partial charge in [0.15, 0.2) is 0 Å². The van der Waals surface area contributed by atoms with Crippen LogP contribution < -0.4 is 4.90 Å². The summed E-state index contributed by atoms with van der Waals surface area (Å²) in [6, 6.07) is 20.2. The Morgan fingerprint density at radius 1 is 0.742 bits per heavy atom. The van der Waals surface area contributed by atoms with Crippen molar-refractivity contribution in [2.75, 3.05) is 57.3 Å². The van der Waals surface area contributed by atoms with Crippen molar-refractivity contribution < 1.29 is 0 Å². The average Bonchev–Trinajstić information content (AvgIpc) is 2.97. The molecule has 0 spiro atoms. The molecule has 31 heavy (non-hydrogen) atoms. The van der Waals surface area contributed by atoms with Crippen LogP contribution in [0.15, 0.2) is 54.6 Å². The molecule has 2 aliphatic heterocycles. The summed E-state index contributed by atoms with van der Waals surface area (Å²) in [6.07, 6.45) is 3.79. The van der Waals surface area contributed by atoms with Crippen molar-refractivity contribution >= 4 is 5.69 Å². The van der Waals surface area contributed by atoms with Crippen LogP contribution in [0.5, 0.6) is 0 Å². The van der Waals surface area contributed by atoms with E-state index in [2.05, 4.69) is 90.1 Å². The minimum atomic E-state index is 0.439. The first-order valence-corrected chi connectivity index (χ1v) is 12.3. The van der Waals surface area contributed by atoms with E-state index in [4.69, 9.17) is 0 Å². The SMILES string of the molecule is CC(C)(C)CCN1CCN(CCN2CCCC(c3ccccc3)c3ccccc32)CC1. The van der Waals surface area contributed by atoms with Crippen LogP contribution in [0, 0.1) is 5.41 Å². The Morgan fingerprint density at radius 3 is 2.10 bits per heavy atom. The largest absolute Gasteiger partial charge is 0.370 e. The van der Waals surface area contributed by atoms with Gasteiger partial charge in [0.1, 0.15) is 0 Å². The maximum Gasteiger partial charge on any atom is 0.0405 e. The number of rotatable bonds is 6. The van der Waals surface area contributed by atoms with Crippen LogP contribution in [-0.2, 0) is 0 Å². The van der Waals surface area contributed by atoms with E-state index < -0.39 is 0 Å². The van der Waals surface area contributed by atoms with Crippen molar-refractivity contribution in [2.45, 2.75) is 46.0 Å². The molecule has 0 aliphatic carbocycles. The molecule has 1 fully saturated rings. The minimum Gasteiger partial charge on any atom is -0.370 e. The van der Waals surface area contributed by atoms with E-state index in [1.165, 1.54) is 81.9 Å². The summed E-state index contributed by atoms with van der Waals surface area (Å²) in [7, 11) is 0. The normalized spacial score (nSPS) is 21.0. The van der Waals surface area contributed by atoms with E-state index >= 15 is 0 Å². The van der Waals surface area contributed by atoms with Crippen molar-refractivity contribution in [1.29, 1.82) is 0 Å². The lowest BCUT2D eigenvalue weighted by Crippen LogP contribution is -2.49. The number of benzene rings is 2. The number of para-hydroxylation sites is 1. The number of hydrogen-bond donors (Lipinski definition) is 0. The molecule has 0 saturated carbocycles. The van der Waals surface area contributed by atoms with Crippen LogP contribution in [-0.4, -0.2) is 62.2 Å². The summed E-state index contributed by atoms with van der Waals surface area (Å²) in [5, 5.41) is 0. The van der Waals surface area contributed by atoms with Gasteiger partial charge in [-0.1, -0.05) is 69.3 Å². The van der Waals surface area contributed by atoms with Crippen LogP contribution in [0.1, 0.15) is 57.1 Å². The molecule has 168 valence electrons. The summed E-state index contributed by atoms with van der Waals surface area (Å²) in [5.74, 6) is 0.522. The third-order valence-corrected chi connectivity index (χ3v) is 7.10. The number of fused-ring (bicyclic) bond motifs is 1. The highest BCUT2D eigenvalue weighted by atomic mass is 15.3. The van der Waals surface area contributed by atoms with Gasteiger partial charge in [0, 0.05) is 57.4 Å². The molecule has 0 amide bonds. The average molecular weight is 420 g/mol. The van der Waals surface area contributed by atoms with Gasteiger partial charge < -0.3 is 9.80 Å². The molecule has 3 nitrogen and oxygen atoms in total. The third kappa shape index (κ3) is 6.11. The molecule has 1 saturated heterocycles. The Morgan fingerprint density at radius 2 is 1.39 bits per heavy atom. The summed E-state index contributed by atoms with van der Waals surface area (Å²) in [6.45, 7) is 16.7. The number of hydrogen-bond acceptors (Lipinski definition) is 3. The van der Waals surface area contributed by atoms with Crippen LogP contribution in [0.25, 0.3) is 0 Å². The predicted molar refractivity (Wildman–Crippen MR) is 133 cm³/mol. The molecule has 2 heterocycles. The van der Waals surface area contributed by atoms with Gasteiger partial charge in [-0.15, -0.1) is 0 Å². The van der Waals surface area contributed by atoms with Crippen molar-refractivity contribution in [3.8, 4) is 0 Å². The highest BCUT2D eigenvalue weighted by Gasteiger charge is 2.25. The molecule has 2 aromatic rings. The Bertz CT molecular complexity index is 803. The van der Waals surface area contributed by atoms with Gasteiger partial charge in [-0.2, -0.15) is 0 Å². The van der Waals surface area contributed by atoms with Gasteiger partial charge in [-0.3, -0.25) is 4.90 Å². The minimum absolute atomic E-state index is 0.439. The van der Waals surface area contributed by atoms with E-state index in [1.807, 2.05) is 0 Å². The van der Waals surface area contributed by atoms with Crippen molar-refractivity contribution in [1.82, 2.24) is 9.80 Å². The maximum absolute atomic E-state index is 2.68. The number of piperazine rings is 1. The Balaban J connectivity index is 1.35. The lowest BCUT2D eigenvalue weighted by molar-refractivity contribution is 0.123. The standard InChI is InChI=1S/C28H41N3/c1-28(2,3)15-17-29-18-20-30(21-19-29)22-23-31-16-9-13-25(24-10-5-4-6-11-24)26-12-7-8-14-27(26)31/h4-8,10-12,14,25H,9,13,15-23H2,1-3H3. The highest BCUT2D eigenvalue weighted by Crippen LogP contribution is 2.38. The molecule has 2 aromatic carbocycles. The maximum atomic E-state index is 2.68.